The molecule has 254 valence electrons. The van der Waals surface area contributed by atoms with Crippen molar-refractivity contribution in [2.24, 2.45) is 0 Å². The van der Waals surface area contributed by atoms with E-state index in [-0.39, 0.29) is 12.5 Å². The molecule has 0 aromatic rings. The highest BCUT2D eigenvalue weighted by atomic mass is 16.3. The number of aliphatic hydroxyl groups is 2. The molecule has 0 spiro atoms. The summed E-state index contributed by atoms with van der Waals surface area (Å²) in [4.78, 5) is 12.3. The lowest BCUT2D eigenvalue weighted by Crippen LogP contribution is -2.45. The van der Waals surface area contributed by atoms with E-state index < -0.39 is 12.1 Å². The van der Waals surface area contributed by atoms with Gasteiger partial charge in [0.1, 0.15) is 0 Å². The van der Waals surface area contributed by atoms with Gasteiger partial charge >= 0.3 is 0 Å². The summed E-state index contributed by atoms with van der Waals surface area (Å²) in [6, 6.07) is -0.631. The van der Waals surface area contributed by atoms with Crippen LogP contribution in [-0.4, -0.2) is 34.9 Å². The fraction of sp³-hybridized carbons (Fsp3) is 0.872. The molecule has 1 amide bonds. The van der Waals surface area contributed by atoms with Crippen molar-refractivity contribution in [2.75, 3.05) is 6.61 Å². The smallest absolute Gasteiger partial charge is 0.220 e. The van der Waals surface area contributed by atoms with Crippen LogP contribution in [0.1, 0.15) is 200 Å². The lowest BCUT2D eigenvalue weighted by molar-refractivity contribution is -0.123. The van der Waals surface area contributed by atoms with Crippen LogP contribution < -0.4 is 5.32 Å². The first-order chi connectivity index (χ1) is 21.2. The number of rotatable bonds is 34. The van der Waals surface area contributed by atoms with Crippen LogP contribution in [0, 0.1) is 0 Å². The molecule has 0 aliphatic carbocycles. The van der Waals surface area contributed by atoms with Gasteiger partial charge in [0, 0.05) is 6.42 Å². The summed E-state index contributed by atoms with van der Waals surface area (Å²) in [7, 11) is 0. The Morgan fingerprint density at radius 1 is 0.535 bits per heavy atom. The van der Waals surface area contributed by atoms with Gasteiger partial charge in [-0.1, -0.05) is 186 Å². The number of hydrogen-bond donors (Lipinski definition) is 3. The van der Waals surface area contributed by atoms with Gasteiger partial charge in [-0.2, -0.15) is 0 Å². The molecule has 0 saturated heterocycles. The largest absolute Gasteiger partial charge is 0.394 e. The molecular weight excluding hydrogens is 530 g/mol. The van der Waals surface area contributed by atoms with E-state index in [1.54, 1.807) is 6.08 Å². The monoisotopic (exact) mass is 606 g/mol. The fourth-order valence-corrected chi connectivity index (χ4v) is 5.72. The van der Waals surface area contributed by atoms with Crippen molar-refractivity contribution < 1.29 is 15.0 Å². The number of carbonyl (C=O) groups is 1. The Kier molecular flexibility index (Phi) is 34.4. The van der Waals surface area contributed by atoms with Crippen molar-refractivity contribution in [3.8, 4) is 0 Å². The minimum absolute atomic E-state index is 0.0744. The Morgan fingerprint density at radius 2 is 0.907 bits per heavy atom. The third-order valence-electron chi connectivity index (χ3n) is 8.69. The molecule has 0 bridgehead atoms. The average Bonchev–Trinajstić information content (AvgIpc) is 3.01. The highest BCUT2D eigenvalue weighted by Gasteiger charge is 2.17. The third-order valence-corrected chi connectivity index (χ3v) is 8.69. The zero-order valence-corrected chi connectivity index (χ0v) is 29.0. The zero-order chi connectivity index (χ0) is 31.5. The maximum Gasteiger partial charge on any atom is 0.220 e. The SMILES string of the molecule is CCCCC/C=C/CC/C=C/C(O)C(CO)NC(=O)CCCCCCCCCCCCCCCCCCCCCCCC. The van der Waals surface area contributed by atoms with Crippen LogP contribution in [0.15, 0.2) is 24.3 Å². The van der Waals surface area contributed by atoms with Crippen molar-refractivity contribution in [2.45, 2.75) is 212 Å². The second-order valence-electron chi connectivity index (χ2n) is 13.0. The third kappa shape index (κ3) is 32.1. The van der Waals surface area contributed by atoms with Crippen molar-refractivity contribution in [1.29, 1.82) is 0 Å². The Labute approximate surface area is 269 Å². The van der Waals surface area contributed by atoms with Gasteiger partial charge < -0.3 is 15.5 Å². The maximum absolute atomic E-state index is 12.3. The lowest BCUT2D eigenvalue weighted by atomic mass is 10.0. The Balaban J connectivity index is 3.50. The van der Waals surface area contributed by atoms with Gasteiger partial charge in [-0.15, -0.1) is 0 Å². The summed E-state index contributed by atoms with van der Waals surface area (Å²) in [6.07, 6.45) is 44.3. The highest BCUT2D eigenvalue weighted by molar-refractivity contribution is 5.76. The van der Waals surface area contributed by atoms with E-state index in [1.807, 2.05) is 6.08 Å². The molecule has 0 aliphatic heterocycles. The van der Waals surface area contributed by atoms with Gasteiger partial charge in [0.25, 0.3) is 0 Å². The molecule has 0 aromatic carbocycles. The molecule has 2 atom stereocenters. The summed E-state index contributed by atoms with van der Waals surface area (Å²) in [5.74, 6) is -0.0744. The van der Waals surface area contributed by atoms with E-state index in [0.29, 0.717) is 6.42 Å². The zero-order valence-electron chi connectivity index (χ0n) is 29.0. The summed E-state index contributed by atoms with van der Waals surface area (Å²) in [5, 5.41) is 22.8. The number of amides is 1. The van der Waals surface area contributed by atoms with E-state index in [2.05, 4.69) is 31.3 Å². The molecular formula is C39H75NO3. The topological polar surface area (TPSA) is 69.6 Å². The number of hydrogen-bond acceptors (Lipinski definition) is 3. The number of carbonyl (C=O) groups excluding carboxylic acids is 1. The molecule has 0 radical (unpaired) electrons. The quantitative estimate of drug-likeness (QED) is 0.0505. The second kappa shape index (κ2) is 35.4. The highest BCUT2D eigenvalue weighted by Crippen LogP contribution is 2.15. The van der Waals surface area contributed by atoms with Crippen LogP contribution in [0.3, 0.4) is 0 Å². The molecule has 4 nitrogen and oxygen atoms in total. The van der Waals surface area contributed by atoms with E-state index in [9.17, 15) is 15.0 Å². The van der Waals surface area contributed by atoms with Gasteiger partial charge in [0.2, 0.25) is 5.91 Å². The molecule has 3 N–H and O–H groups in total. The second-order valence-corrected chi connectivity index (χ2v) is 13.0. The first kappa shape index (κ1) is 41.9. The molecule has 0 saturated carbocycles. The first-order valence-corrected chi connectivity index (χ1v) is 19.1. The molecule has 0 aliphatic rings. The van der Waals surface area contributed by atoms with E-state index in [1.165, 1.54) is 148 Å². The van der Waals surface area contributed by atoms with Crippen molar-refractivity contribution in [3.63, 3.8) is 0 Å². The minimum Gasteiger partial charge on any atom is -0.394 e. The summed E-state index contributed by atoms with van der Waals surface area (Å²) in [6.45, 7) is 4.25. The normalized spacial score (nSPS) is 13.3. The van der Waals surface area contributed by atoms with Crippen LogP contribution in [0.5, 0.6) is 0 Å². The molecule has 0 rings (SSSR count). The number of unbranched alkanes of at least 4 members (excludes halogenated alkanes) is 25. The van der Waals surface area contributed by atoms with Gasteiger partial charge in [-0.25, -0.2) is 0 Å². The molecule has 0 heterocycles. The summed E-state index contributed by atoms with van der Waals surface area (Å²) < 4.78 is 0. The van der Waals surface area contributed by atoms with E-state index in [4.69, 9.17) is 0 Å². The van der Waals surface area contributed by atoms with Crippen LogP contribution in [-0.2, 0) is 4.79 Å². The Hall–Kier alpha value is -1.13. The molecule has 0 aromatic heterocycles. The number of aliphatic hydroxyl groups excluding tert-OH is 2. The van der Waals surface area contributed by atoms with Crippen LogP contribution >= 0.6 is 0 Å². The fourth-order valence-electron chi connectivity index (χ4n) is 5.72. The Bertz CT molecular complexity index is 618. The van der Waals surface area contributed by atoms with Gasteiger partial charge in [-0.3, -0.25) is 4.79 Å². The maximum atomic E-state index is 12.3. The number of allylic oxidation sites excluding steroid dienone is 3. The van der Waals surface area contributed by atoms with Crippen LogP contribution in [0.25, 0.3) is 0 Å². The molecule has 43 heavy (non-hydrogen) atoms. The van der Waals surface area contributed by atoms with Crippen molar-refractivity contribution in [1.82, 2.24) is 5.32 Å². The Morgan fingerprint density at radius 3 is 1.35 bits per heavy atom. The lowest BCUT2D eigenvalue weighted by Gasteiger charge is -2.19. The first-order valence-electron chi connectivity index (χ1n) is 19.1. The van der Waals surface area contributed by atoms with Crippen molar-refractivity contribution >= 4 is 5.91 Å². The van der Waals surface area contributed by atoms with E-state index in [0.717, 1.165) is 32.1 Å². The van der Waals surface area contributed by atoms with Crippen molar-refractivity contribution in [3.05, 3.63) is 24.3 Å². The summed E-state index contributed by atoms with van der Waals surface area (Å²) in [5.41, 5.74) is 0. The predicted octanol–water partition coefficient (Wildman–Crippen LogP) is 11.3. The predicted molar refractivity (Wildman–Crippen MR) is 189 cm³/mol. The van der Waals surface area contributed by atoms with Gasteiger partial charge in [0.15, 0.2) is 0 Å². The minimum atomic E-state index is -0.855. The standard InChI is InChI=1S/C39H75NO3/c1-3-5-7-9-11-13-14-15-16-17-18-19-20-21-22-23-24-25-27-29-31-33-35-39(43)40-37(36-41)38(42)34-32-30-28-26-12-10-8-6-4-2/h12,26,32,34,37-38,41-42H,3-11,13-25,27-31,33,35-36H2,1-2H3,(H,40,43)/b26-12+,34-32+. The molecule has 2 unspecified atom stereocenters. The van der Waals surface area contributed by atoms with Gasteiger partial charge in [0.05, 0.1) is 18.8 Å². The van der Waals surface area contributed by atoms with E-state index >= 15 is 0 Å². The van der Waals surface area contributed by atoms with Gasteiger partial charge in [-0.05, 0) is 32.1 Å². The average molecular weight is 606 g/mol. The molecule has 0 fully saturated rings. The van der Waals surface area contributed by atoms with Crippen LogP contribution in [0.4, 0.5) is 0 Å². The summed E-state index contributed by atoms with van der Waals surface area (Å²) >= 11 is 0. The van der Waals surface area contributed by atoms with Crippen LogP contribution in [0.2, 0.25) is 0 Å². The number of nitrogens with one attached hydrogen (secondary N) is 1. The molecule has 4 heteroatoms.